The molecule has 36 heteroatoms. The molecule has 0 radical (unpaired) electrons. The van der Waals surface area contributed by atoms with Gasteiger partial charge in [0.05, 0.1) is 77.1 Å². The van der Waals surface area contributed by atoms with E-state index >= 15 is 0 Å². The van der Waals surface area contributed by atoms with Crippen LogP contribution in [-0.4, -0.2) is 244 Å². The Kier molecular flexibility index (Phi) is 72.8. The highest BCUT2D eigenvalue weighted by atomic mass is 28.5. The van der Waals surface area contributed by atoms with Crippen molar-refractivity contribution in [3.05, 3.63) is 0 Å². The van der Waals surface area contributed by atoms with Crippen LogP contribution in [0.1, 0.15) is 245 Å². The predicted octanol–water partition coefficient (Wildman–Crippen LogP) is 33.6. The highest BCUT2D eigenvalue weighted by Gasteiger charge is 2.48. The molecular weight excluding hydrogens is 2080 g/mol. The minimum atomic E-state index is -2.26. The number of unbranched alkanes of at least 4 members (excludes halogenated alkanes) is 6. The zero-order valence-electron chi connectivity index (χ0n) is 105. The topological polar surface area (TPSA) is 254 Å². The van der Waals surface area contributed by atoms with Gasteiger partial charge in [-0.25, -0.2) is 0 Å². The fraction of sp³-hybridized carbons (Fsp3) is 1.00. The highest BCUT2D eigenvalue weighted by molar-refractivity contribution is 6.91. The zero-order chi connectivity index (χ0) is 113. The molecule has 0 unspecified atom stereocenters. The van der Waals surface area contributed by atoms with Gasteiger partial charge in [-0.05, 0) is 346 Å². The highest BCUT2D eigenvalue weighted by Crippen LogP contribution is 2.45. The molecule has 0 atom stereocenters. The molecule has 0 aliphatic carbocycles. The average molecular weight is 2340 g/mol. The van der Waals surface area contributed by atoms with E-state index in [9.17, 15) is 40.9 Å². The van der Waals surface area contributed by atoms with Gasteiger partial charge in [0.15, 0.2) is 83.2 Å². The fourth-order valence-electron chi connectivity index (χ4n) is 24.4. The molecule has 0 rings (SSSR count). The quantitative estimate of drug-likeness (QED) is 0.0208. The Morgan fingerprint density at radius 1 is 0.175 bits per heavy atom. The maximum atomic E-state index is 10.6. The maximum absolute atomic E-state index is 10.6. The third-order valence-corrected chi connectivity index (χ3v) is 96.0. The van der Waals surface area contributed by atoms with Crippen molar-refractivity contribution in [3.63, 3.8) is 0 Å². The summed E-state index contributed by atoms with van der Waals surface area (Å²) in [6.07, 6.45) is 22.5. The molecule has 0 heterocycles. The van der Waals surface area contributed by atoms with Crippen molar-refractivity contribution in [2.75, 3.05) is 52.9 Å². The molecule has 0 spiro atoms. The average Bonchev–Trinajstić information content (AvgIpc) is 0.819. The summed E-state index contributed by atoms with van der Waals surface area (Å²) >= 11 is 0. The summed E-state index contributed by atoms with van der Waals surface area (Å²) in [5.41, 5.74) is -1.43. The lowest BCUT2D eigenvalue weighted by atomic mass is 9.79. The molecule has 0 aromatic heterocycles. The third kappa shape index (κ3) is 77.3. The normalized spacial score (nSPS) is 14.5. The summed E-state index contributed by atoms with van der Waals surface area (Å²) in [6, 6.07) is 21.8. The van der Waals surface area contributed by atoms with E-state index in [4.69, 9.17) is 41.2 Å². The smallest absolute Gasteiger partial charge is 0.314 e. The van der Waals surface area contributed by atoms with Crippen LogP contribution < -0.4 is 0 Å². The van der Waals surface area contributed by atoms with Crippen molar-refractivity contribution in [2.24, 2.45) is 57.2 Å². The molecule has 0 aromatic carbocycles. The summed E-state index contributed by atoms with van der Waals surface area (Å²) in [7, 11) is -31.9. The van der Waals surface area contributed by atoms with Crippen LogP contribution in [0.15, 0.2) is 0 Å². The van der Waals surface area contributed by atoms with Crippen LogP contribution >= 0.6 is 0 Å². The SMILES string of the molecule is CC(C)C[Si](CCCC(CO)(CO)CCC[Si](CC(C)C)(CC(C)C)CC(C)C)(CC(C)C)CC(C)C.CC[Si](CC)(CC)CCCC(CO)(CO)CCC[Si](C)(O[Si](C)(C)C)O[Si](C)(C)C.C[Si](C)(C)O[Si](C)(C)O[Si](C)(C)CCCC(CO)(CO)CCC[Si](C)(C)O[Si](C)(C)O[Si](C)(C)C.C[Si](C)(C)O[Si](C)(CCCCCCC(CO)(CO)CCCCCC[Si](C)(O[Si](C)(C)C)O[Si](C)(C)C)O[Si](C)(C)C. The van der Waals surface area contributed by atoms with Crippen LogP contribution in [0.5, 0.6) is 0 Å². The standard InChI is InChI=1S/C33H72O2Si2.C29H72O6Si6.C23H60O6Si6.C22H54O4Si4/c1-27(2)19-36(20-28(3)4,21-29(5)6)17-13-15-33(25-34,26-35)16-14-18-37(22-30(7)8,23-31(9)10)24-32(11)12;1-36(2,3)32-40(13,33-37(4,5)6)25-21-17-15-19-23-29(27-30,28-31)24-20-16-18-22-26-41(14,34-38(7,8)9)35-39(10,11)12;1-30(2,3)26-34(11,12)28-32(7,8)19-15-17-23(21-24,22-25)18-16-20-33(9,10)29-35(13,14)27-31(4,5)6;1-11-30(12-2,13-3)19-15-17-22(20-23,21-24)16-14-18-29(10,25-27(4,5)6)26-28(7,8)9/h27-32,34-35H,13-26H2,1-12H3;30-31H,15-28H2,1-14H3;24-25H,15-22H2,1-14H3;23-24H,11-21H2,1-10H3. The molecule has 143 heavy (non-hydrogen) atoms. The lowest BCUT2D eigenvalue weighted by molar-refractivity contribution is 0.0353. The Balaban J connectivity index is -0.000000906. The Labute approximate surface area is 911 Å². The number of hydrogen-bond donors (Lipinski definition) is 8. The summed E-state index contributed by atoms with van der Waals surface area (Å²) in [5.74, 6) is 4.61. The van der Waals surface area contributed by atoms with Crippen LogP contribution in [0, 0.1) is 57.2 Å². The Morgan fingerprint density at radius 3 is 0.497 bits per heavy atom. The van der Waals surface area contributed by atoms with E-state index in [1.54, 1.807) is 0 Å². The molecule has 0 aromatic rings. The molecule has 0 aliphatic rings. The Morgan fingerprint density at radius 2 is 0.329 bits per heavy atom. The molecule has 8 N–H and O–H groups in total. The molecule has 18 nitrogen and oxygen atoms in total. The maximum Gasteiger partial charge on any atom is 0.314 e. The first-order valence-electron chi connectivity index (χ1n) is 58.3. The van der Waals surface area contributed by atoms with Crippen molar-refractivity contribution < 1.29 is 82.0 Å². The molecule has 866 valence electrons. The first-order chi connectivity index (χ1) is 64.4. The van der Waals surface area contributed by atoms with Gasteiger partial charge in [-0.3, -0.25) is 0 Å². The number of hydrogen-bond acceptors (Lipinski definition) is 18. The fourth-order valence-corrected chi connectivity index (χ4v) is 107. The van der Waals surface area contributed by atoms with Crippen molar-refractivity contribution >= 4 is 150 Å². The van der Waals surface area contributed by atoms with Crippen LogP contribution in [0.3, 0.4) is 0 Å². The summed E-state index contributed by atoms with van der Waals surface area (Å²) in [4.78, 5) is 0. The lowest BCUT2D eigenvalue weighted by Gasteiger charge is -2.39. The van der Waals surface area contributed by atoms with E-state index in [1.807, 2.05) is 0 Å². The summed E-state index contributed by atoms with van der Waals surface area (Å²) in [6.45, 7) is 115. The molecular formula is C107H258O18Si18. The molecule has 0 saturated carbocycles. The van der Waals surface area contributed by atoms with E-state index in [0.29, 0.717) is 0 Å². The van der Waals surface area contributed by atoms with E-state index < -0.39 is 156 Å². The second-order valence-electron chi connectivity index (χ2n) is 59.0. The van der Waals surface area contributed by atoms with E-state index in [-0.39, 0.29) is 69.1 Å². The first kappa shape index (κ1) is 152. The van der Waals surface area contributed by atoms with Crippen LogP contribution in [0.25, 0.3) is 0 Å². The van der Waals surface area contributed by atoms with Gasteiger partial charge in [-0.1, -0.05) is 266 Å². The van der Waals surface area contributed by atoms with Gasteiger partial charge >= 0.3 is 42.8 Å². The van der Waals surface area contributed by atoms with Gasteiger partial charge in [0.1, 0.15) is 0 Å². The van der Waals surface area contributed by atoms with Crippen molar-refractivity contribution in [1.82, 2.24) is 0 Å². The minimum absolute atomic E-state index is 0.0210. The van der Waals surface area contributed by atoms with Crippen LogP contribution in [0.4, 0.5) is 0 Å². The zero-order valence-corrected chi connectivity index (χ0v) is 123. The van der Waals surface area contributed by atoms with Gasteiger partial charge in [0, 0.05) is 21.7 Å². The first-order valence-corrected chi connectivity index (χ1v) is 113. The molecule has 0 fully saturated rings. The van der Waals surface area contributed by atoms with E-state index in [0.717, 1.165) is 194 Å². The monoisotopic (exact) mass is 2340 g/mol. The van der Waals surface area contributed by atoms with Crippen molar-refractivity contribution in [2.45, 2.75) is 577 Å². The van der Waals surface area contributed by atoms with Gasteiger partial charge < -0.3 is 82.0 Å². The second-order valence-corrected chi connectivity index (χ2v) is 138. The van der Waals surface area contributed by atoms with E-state index in [2.05, 4.69) is 333 Å². The Bertz CT molecular complexity index is 2930. The largest absolute Gasteiger partial charge is 0.437 e. The molecule has 0 aliphatic heterocycles. The van der Waals surface area contributed by atoms with Crippen LogP contribution in [0.2, 0.25) is 332 Å². The molecule has 0 saturated heterocycles. The minimum Gasteiger partial charge on any atom is -0.437 e. The number of aliphatic hydroxyl groups excluding tert-OH is 8. The van der Waals surface area contributed by atoms with Gasteiger partial charge in [-0.15, -0.1) is 0 Å². The third-order valence-electron chi connectivity index (χ3n) is 28.0. The van der Waals surface area contributed by atoms with E-state index in [1.165, 1.54) is 85.4 Å². The predicted molar refractivity (Wildman–Crippen MR) is 675 cm³/mol. The molecule has 0 bridgehead atoms. The van der Waals surface area contributed by atoms with Gasteiger partial charge in [0.2, 0.25) is 0 Å². The Hall–Kier alpha value is 3.18. The second kappa shape index (κ2) is 68.3. The lowest BCUT2D eigenvalue weighted by Crippen LogP contribution is -2.52. The molecule has 0 amide bonds. The van der Waals surface area contributed by atoms with Crippen molar-refractivity contribution in [1.29, 1.82) is 0 Å². The summed E-state index contributed by atoms with van der Waals surface area (Å²) in [5, 5.41) is 82.5. The number of aliphatic hydroxyl groups is 8. The van der Waals surface area contributed by atoms with Crippen LogP contribution in [-0.2, 0) is 41.2 Å². The van der Waals surface area contributed by atoms with Gasteiger partial charge in [0.25, 0.3) is 0 Å². The number of rotatable bonds is 81. The van der Waals surface area contributed by atoms with Crippen molar-refractivity contribution in [3.8, 4) is 0 Å². The summed E-state index contributed by atoms with van der Waals surface area (Å²) < 4.78 is 65.9. The van der Waals surface area contributed by atoms with Gasteiger partial charge in [-0.2, -0.15) is 0 Å².